The van der Waals surface area contributed by atoms with Crippen LogP contribution in [0.5, 0.6) is 11.5 Å². The van der Waals surface area contributed by atoms with Crippen LogP contribution in [0.15, 0.2) is 57.9 Å². The van der Waals surface area contributed by atoms with Crippen LogP contribution in [0.25, 0.3) is 38.5 Å². The van der Waals surface area contributed by atoms with Crippen LogP contribution >= 0.6 is 0 Å². The number of furan rings is 1. The molecule has 14 heteroatoms. The Balaban J connectivity index is 0.934. The third-order valence-electron chi connectivity index (χ3n) is 12.1. The lowest BCUT2D eigenvalue weighted by atomic mass is 10.0. The number of halogens is 1. The first-order valence-electron chi connectivity index (χ1n) is 20.6. The fourth-order valence-corrected chi connectivity index (χ4v) is 8.95. The number of rotatable bonds is 15. The molecule has 3 aromatic carbocycles. The molecule has 3 saturated heterocycles. The van der Waals surface area contributed by atoms with Crippen LogP contribution in [0.3, 0.4) is 0 Å². The lowest BCUT2D eigenvalue weighted by Crippen LogP contribution is -2.37. The highest BCUT2D eigenvalue weighted by molar-refractivity contribution is 6.07. The van der Waals surface area contributed by atoms with E-state index in [0.717, 1.165) is 107 Å². The average Bonchev–Trinajstić information content (AvgIpc) is 3.96. The van der Waals surface area contributed by atoms with Crippen LogP contribution in [-0.2, 0) is 9.57 Å². The van der Waals surface area contributed by atoms with Gasteiger partial charge in [0.2, 0.25) is 5.43 Å². The molecule has 5 aromatic rings. The van der Waals surface area contributed by atoms with Crippen molar-refractivity contribution in [1.82, 2.24) is 30.5 Å². The van der Waals surface area contributed by atoms with Crippen LogP contribution in [0.4, 0.5) is 10.1 Å². The van der Waals surface area contributed by atoms with Crippen LogP contribution in [0.2, 0.25) is 0 Å². The molecule has 57 heavy (non-hydrogen) atoms. The molecular weight excluding hydrogens is 730 g/mol. The number of likely N-dealkylation sites (tertiary alicyclic amines) is 1. The topological polar surface area (TPSA) is 126 Å². The number of para-hydroxylation sites is 1. The van der Waals surface area contributed by atoms with Crippen molar-refractivity contribution in [2.75, 3.05) is 90.7 Å². The molecule has 302 valence electrons. The Labute approximate surface area is 330 Å². The first-order chi connectivity index (χ1) is 27.9. The number of ether oxygens (including phenoxy) is 2. The molecule has 2 atom stereocenters. The van der Waals surface area contributed by atoms with Crippen molar-refractivity contribution in [3.63, 3.8) is 0 Å². The van der Waals surface area contributed by atoms with Crippen molar-refractivity contribution >= 4 is 44.4 Å². The Morgan fingerprint density at radius 1 is 0.965 bits per heavy atom. The number of carbonyl (C=O) groups excluding carboxylic acids is 1. The molecule has 3 N–H and O–H groups in total. The minimum absolute atomic E-state index is 0.0288. The van der Waals surface area contributed by atoms with Gasteiger partial charge in [0.05, 0.1) is 36.9 Å². The number of hydrogen-bond donors (Lipinski definition) is 3. The molecule has 4 aliphatic rings. The zero-order chi connectivity index (χ0) is 38.9. The van der Waals surface area contributed by atoms with Crippen molar-refractivity contribution in [1.29, 1.82) is 0 Å². The summed E-state index contributed by atoms with van der Waals surface area (Å²) in [5, 5.41) is 8.33. The maximum Gasteiger partial charge on any atom is 0.256 e. The quantitative estimate of drug-likeness (QED) is 0.0947. The summed E-state index contributed by atoms with van der Waals surface area (Å²) in [6.45, 7) is 9.69. The van der Waals surface area contributed by atoms with Gasteiger partial charge in [0, 0.05) is 61.8 Å². The number of hydrogen-bond acceptors (Lipinski definition) is 11. The number of morpholine rings is 1. The van der Waals surface area contributed by atoms with Crippen molar-refractivity contribution in [3.8, 4) is 17.2 Å². The largest absolute Gasteiger partial charge is 0.456 e. The predicted octanol–water partition coefficient (Wildman–Crippen LogP) is 5.15. The number of anilines is 1. The Bertz CT molecular complexity index is 2320. The molecular formula is C43H52FN7O6. The van der Waals surface area contributed by atoms with E-state index in [4.69, 9.17) is 18.7 Å². The van der Waals surface area contributed by atoms with E-state index >= 15 is 4.39 Å². The summed E-state index contributed by atoms with van der Waals surface area (Å²) in [5.41, 5.74) is 5.25. The second kappa shape index (κ2) is 16.7. The van der Waals surface area contributed by atoms with Gasteiger partial charge < -0.3 is 43.7 Å². The highest BCUT2D eigenvalue weighted by atomic mass is 19.1. The minimum atomic E-state index is -0.581. The molecule has 4 aliphatic heterocycles. The molecule has 3 fully saturated rings. The van der Waals surface area contributed by atoms with Crippen LogP contribution in [-0.4, -0.2) is 118 Å². The van der Waals surface area contributed by atoms with Gasteiger partial charge in [-0.3, -0.25) is 14.5 Å². The second-order valence-corrected chi connectivity index (χ2v) is 15.8. The summed E-state index contributed by atoms with van der Waals surface area (Å²) in [6.07, 6.45) is 7.29. The maximum atomic E-state index is 16.5. The standard InChI is InChI=1S/C43H52FN7O6/c1-48-15-4-7-29(48)10-14-46-43(53)33-27-51-35-25-37-31(30-8-2-3-9-36(30)56-37)24-38(35)57-42-39(51)32(41(33)52)23-34(44)40(42)50-17-11-28(26-50)47-55-20-6-13-45-12-5-16-49-18-21-54-22-19-49/h2-3,8-9,23-25,27-29,45,47H,4-7,10-22,26H2,1H3,(H,46,53)/t28-,29?/m1/s1. The molecule has 0 spiro atoms. The van der Waals surface area contributed by atoms with Crippen molar-refractivity contribution in [2.24, 2.45) is 0 Å². The highest BCUT2D eigenvalue weighted by Crippen LogP contribution is 2.49. The summed E-state index contributed by atoms with van der Waals surface area (Å²) in [7, 11) is 2.10. The minimum Gasteiger partial charge on any atom is -0.456 e. The number of fused-ring (bicyclic) bond motifs is 5. The van der Waals surface area contributed by atoms with Crippen LogP contribution in [0, 0.1) is 5.82 Å². The number of nitrogens with zero attached hydrogens (tertiary/aromatic N) is 4. The number of aromatic nitrogens is 1. The highest BCUT2D eigenvalue weighted by Gasteiger charge is 2.34. The molecule has 13 nitrogen and oxygen atoms in total. The smallest absolute Gasteiger partial charge is 0.256 e. The van der Waals surface area contributed by atoms with E-state index in [0.29, 0.717) is 54.8 Å². The first-order valence-corrected chi connectivity index (χ1v) is 20.6. The molecule has 1 unspecified atom stereocenters. The van der Waals surface area contributed by atoms with Gasteiger partial charge in [0.15, 0.2) is 17.3 Å². The van der Waals surface area contributed by atoms with Gasteiger partial charge in [-0.1, -0.05) is 18.2 Å². The first kappa shape index (κ1) is 38.0. The van der Waals surface area contributed by atoms with E-state index < -0.39 is 17.2 Å². The monoisotopic (exact) mass is 781 g/mol. The Morgan fingerprint density at radius 2 is 1.82 bits per heavy atom. The van der Waals surface area contributed by atoms with Gasteiger partial charge in [0.25, 0.3) is 5.91 Å². The van der Waals surface area contributed by atoms with Gasteiger partial charge in [-0.05, 0) is 90.0 Å². The molecule has 0 bridgehead atoms. The van der Waals surface area contributed by atoms with Gasteiger partial charge in [-0.2, -0.15) is 5.48 Å². The predicted molar refractivity (Wildman–Crippen MR) is 219 cm³/mol. The van der Waals surface area contributed by atoms with Crippen molar-refractivity contribution in [2.45, 2.75) is 50.6 Å². The van der Waals surface area contributed by atoms with E-state index in [1.807, 2.05) is 41.3 Å². The van der Waals surface area contributed by atoms with E-state index in [9.17, 15) is 9.59 Å². The van der Waals surface area contributed by atoms with Crippen LogP contribution in [0.1, 0.15) is 48.9 Å². The summed E-state index contributed by atoms with van der Waals surface area (Å²) in [5.74, 6) is -0.342. The summed E-state index contributed by atoms with van der Waals surface area (Å²) >= 11 is 0. The van der Waals surface area contributed by atoms with Crippen molar-refractivity contribution < 1.29 is 27.9 Å². The number of nitrogens with one attached hydrogen (secondary N) is 3. The number of hydroxylamine groups is 1. The number of amides is 1. The average molecular weight is 782 g/mol. The third kappa shape index (κ3) is 7.74. The summed E-state index contributed by atoms with van der Waals surface area (Å²) in [6, 6.07) is 13.2. The zero-order valence-corrected chi connectivity index (χ0v) is 32.6. The summed E-state index contributed by atoms with van der Waals surface area (Å²) < 4.78 is 36.7. The SMILES string of the molecule is CN1CCCC1CCNC(=O)c1cn2c3c(c(N4CC[C@@H](NOCCCNCCCN5CCOCC5)C4)c(F)cc3c1=O)Oc1cc3c(cc1-2)oc1ccccc13. The normalized spacial score (nSPS) is 19.9. The lowest BCUT2D eigenvalue weighted by molar-refractivity contribution is 0.0195. The maximum absolute atomic E-state index is 16.5. The fourth-order valence-electron chi connectivity index (χ4n) is 8.95. The van der Waals surface area contributed by atoms with Crippen molar-refractivity contribution in [3.05, 3.63) is 70.3 Å². The number of benzene rings is 3. The molecule has 9 rings (SSSR count). The van der Waals surface area contributed by atoms with Crippen LogP contribution < -0.4 is 31.2 Å². The van der Waals surface area contributed by atoms with Gasteiger partial charge in [-0.25, -0.2) is 4.39 Å². The van der Waals surface area contributed by atoms with Gasteiger partial charge >= 0.3 is 0 Å². The third-order valence-corrected chi connectivity index (χ3v) is 12.1. The molecule has 0 aliphatic carbocycles. The number of carbonyl (C=O) groups is 1. The fraction of sp³-hybridized carbons (Fsp3) is 0.488. The second-order valence-electron chi connectivity index (χ2n) is 15.8. The summed E-state index contributed by atoms with van der Waals surface area (Å²) in [4.78, 5) is 40.4. The van der Waals surface area contributed by atoms with E-state index in [1.165, 1.54) is 6.07 Å². The Kier molecular flexibility index (Phi) is 11.1. The van der Waals surface area contributed by atoms with Gasteiger partial charge in [-0.15, -0.1) is 0 Å². The Hall–Kier alpha value is -4.57. The number of pyridine rings is 1. The van der Waals surface area contributed by atoms with E-state index in [2.05, 4.69) is 33.0 Å². The molecule has 2 aromatic heterocycles. The molecule has 6 heterocycles. The van der Waals surface area contributed by atoms with E-state index in [1.54, 1.807) is 10.8 Å². The molecule has 0 saturated carbocycles. The molecule has 0 radical (unpaired) electrons. The molecule has 1 amide bonds. The van der Waals surface area contributed by atoms with E-state index in [-0.39, 0.29) is 28.4 Å². The lowest BCUT2D eigenvalue weighted by Gasteiger charge is -2.29. The Morgan fingerprint density at radius 3 is 2.68 bits per heavy atom. The van der Waals surface area contributed by atoms with Gasteiger partial charge in [0.1, 0.15) is 27.9 Å². The zero-order valence-electron chi connectivity index (χ0n) is 32.6.